The molecule has 2 N–H and O–H groups in total. The zero-order valence-electron chi connectivity index (χ0n) is 19.5. The normalized spacial score (nSPS) is 15.9. The first kappa shape index (κ1) is 22.5. The lowest BCUT2D eigenvalue weighted by Gasteiger charge is -2.36. The summed E-state index contributed by atoms with van der Waals surface area (Å²) < 4.78 is 0. The van der Waals surface area contributed by atoms with Crippen molar-refractivity contribution in [2.24, 2.45) is 0 Å². The number of nitrogens with zero attached hydrogens (tertiary/aromatic N) is 4. The van der Waals surface area contributed by atoms with E-state index in [0.717, 1.165) is 37.7 Å². The molecule has 3 aromatic rings. The van der Waals surface area contributed by atoms with E-state index in [4.69, 9.17) is 12.2 Å². The molecule has 2 aliphatic heterocycles. The van der Waals surface area contributed by atoms with Gasteiger partial charge in [0.2, 0.25) is 0 Å². The van der Waals surface area contributed by atoms with Gasteiger partial charge in [0.25, 0.3) is 0 Å². The van der Waals surface area contributed by atoms with Gasteiger partial charge >= 0.3 is 0 Å². The predicted molar refractivity (Wildman–Crippen MR) is 146 cm³/mol. The number of nitrogens with one attached hydrogen (secondary N) is 2. The number of hydrogen-bond donors (Lipinski definition) is 2. The van der Waals surface area contributed by atoms with Crippen molar-refractivity contribution in [3.05, 3.63) is 78.5 Å². The number of para-hydroxylation sites is 1. The van der Waals surface area contributed by atoms with E-state index in [9.17, 15) is 0 Å². The van der Waals surface area contributed by atoms with Crippen molar-refractivity contribution >= 4 is 40.2 Å². The summed E-state index contributed by atoms with van der Waals surface area (Å²) in [5, 5.41) is 7.15. The lowest BCUT2D eigenvalue weighted by molar-refractivity contribution is 0.647. The van der Waals surface area contributed by atoms with Gasteiger partial charge in [0.1, 0.15) is 5.82 Å². The number of aromatic nitrogens is 1. The molecule has 2 saturated heterocycles. The summed E-state index contributed by atoms with van der Waals surface area (Å²) in [6.45, 7) is 6.96. The molecule has 0 spiro atoms. The van der Waals surface area contributed by atoms with Gasteiger partial charge in [-0.05, 0) is 67.0 Å². The van der Waals surface area contributed by atoms with Gasteiger partial charge in [0.15, 0.2) is 5.11 Å². The van der Waals surface area contributed by atoms with E-state index in [1.54, 1.807) is 0 Å². The minimum atomic E-state index is 0.606. The Morgan fingerprint density at radius 3 is 2.06 bits per heavy atom. The maximum atomic E-state index is 5.49. The Morgan fingerprint density at radius 2 is 1.38 bits per heavy atom. The lowest BCUT2D eigenvalue weighted by Crippen LogP contribution is -2.46. The first-order chi connectivity index (χ1) is 16.7. The summed E-state index contributed by atoms with van der Waals surface area (Å²) in [6, 6.07) is 23.5. The summed E-state index contributed by atoms with van der Waals surface area (Å²) in [5.74, 6) is 1.01. The molecule has 0 saturated carbocycles. The van der Waals surface area contributed by atoms with Crippen LogP contribution < -0.4 is 25.3 Å². The molecule has 176 valence electrons. The molecule has 0 bridgehead atoms. The largest absolute Gasteiger partial charge is 0.372 e. The third-order valence-corrected chi connectivity index (χ3v) is 6.84. The van der Waals surface area contributed by atoms with Gasteiger partial charge in [-0.1, -0.05) is 30.3 Å². The van der Waals surface area contributed by atoms with E-state index >= 15 is 0 Å². The summed E-state index contributed by atoms with van der Waals surface area (Å²) >= 11 is 5.49. The quantitative estimate of drug-likeness (QED) is 0.513. The third-order valence-electron chi connectivity index (χ3n) is 6.59. The SMILES string of the molecule is S=C(NCc1ccc(N2CCCC2)cc1)Nc1ccc(N2CCN(c3ccccc3)CC2)nc1. The highest BCUT2D eigenvalue weighted by atomic mass is 32.1. The van der Waals surface area contributed by atoms with E-state index in [1.807, 2.05) is 12.3 Å². The third kappa shape index (κ3) is 5.59. The van der Waals surface area contributed by atoms with E-state index in [-0.39, 0.29) is 0 Å². The minimum absolute atomic E-state index is 0.606. The van der Waals surface area contributed by atoms with Gasteiger partial charge < -0.3 is 25.3 Å². The maximum absolute atomic E-state index is 5.49. The van der Waals surface area contributed by atoms with Gasteiger partial charge in [0, 0.05) is 57.2 Å². The van der Waals surface area contributed by atoms with Crippen LogP contribution in [0.2, 0.25) is 0 Å². The minimum Gasteiger partial charge on any atom is -0.372 e. The van der Waals surface area contributed by atoms with Crippen molar-refractivity contribution < 1.29 is 0 Å². The van der Waals surface area contributed by atoms with Crippen LogP contribution in [0, 0.1) is 0 Å². The highest BCUT2D eigenvalue weighted by molar-refractivity contribution is 7.80. The van der Waals surface area contributed by atoms with Crippen LogP contribution in [-0.4, -0.2) is 49.4 Å². The van der Waals surface area contributed by atoms with E-state index in [2.05, 4.69) is 91.0 Å². The Bertz CT molecular complexity index is 1060. The van der Waals surface area contributed by atoms with Crippen LogP contribution in [0.25, 0.3) is 0 Å². The average Bonchev–Trinajstić information content (AvgIpc) is 3.44. The molecule has 0 atom stereocenters. The molecule has 34 heavy (non-hydrogen) atoms. The Morgan fingerprint density at radius 1 is 0.735 bits per heavy atom. The van der Waals surface area contributed by atoms with Gasteiger partial charge in [0.05, 0.1) is 11.9 Å². The number of pyridine rings is 1. The zero-order valence-corrected chi connectivity index (χ0v) is 20.3. The molecule has 0 amide bonds. The van der Waals surface area contributed by atoms with Crippen molar-refractivity contribution in [2.75, 3.05) is 59.3 Å². The molecule has 0 unspecified atom stereocenters. The van der Waals surface area contributed by atoms with Crippen LogP contribution in [0.3, 0.4) is 0 Å². The fourth-order valence-electron chi connectivity index (χ4n) is 4.64. The number of benzene rings is 2. The molecule has 0 aliphatic carbocycles. The Balaban J connectivity index is 1.07. The predicted octanol–water partition coefficient (Wildman–Crippen LogP) is 4.50. The standard InChI is InChI=1S/C27H32N6S/c34-27(29-20-22-8-11-25(12-9-22)31-14-4-5-15-31)30-23-10-13-26(28-21-23)33-18-16-32(17-19-33)24-6-2-1-3-7-24/h1-3,6-13,21H,4-5,14-20H2,(H2,29,30,34). The van der Waals surface area contributed by atoms with Gasteiger partial charge in [-0.25, -0.2) is 4.98 Å². The van der Waals surface area contributed by atoms with Gasteiger partial charge in [-0.2, -0.15) is 0 Å². The molecule has 0 radical (unpaired) electrons. The molecule has 2 aromatic carbocycles. The average molecular weight is 473 g/mol. The van der Waals surface area contributed by atoms with E-state index < -0.39 is 0 Å². The second-order valence-corrected chi connectivity index (χ2v) is 9.29. The van der Waals surface area contributed by atoms with Crippen LogP contribution in [0.1, 0.15) is 18.4 Å². The van der Waals surface area contributed by atoms with E-state index in [1.165, 1.54) is 42.9 Å². The van der Waals surface area contributed by atoms with Crippen LogP contribution in [-0.2, 0) is 6.54 Å². The molecule has 7 heteroatoms. The van der Waals surface area contributed by atoms with Crippen LogP contribution in [0.5, 0.6) is 0 Å². The second-order valence-electron chi connectivity index (χ2n) is 8.88. The summed E-state index contributed by atoms with van der Waals surface area (Å²) in [6.07, 6.45) is 4.45. The molecule has 2 fully saturated rings. The molecular weight excluding hydrogens is 440 g/mol. The van der Waals surface area contributed by atoms with Crippen molar-refractivity contribution in [3.8, 4) is 0 Å². The summed E-state index contributed by atoms with van der Waals surface area (Å²) in [4.78, 5) is 11.9. The second kappa shape index (κ2) is 10.7. The Hall–Kier alpha value is -3.32. The first-order valence-corrected chi connectivity index (χ1v) is 12.6. The monoisotopic (exact) mass is 472 g/mol. The first-order valence-electron chi connectivity index (χ1n) is 12.1. The van der Waals surface area contributed by atoms with Gasteiger partial charge in [-0.3, -0.25) is 0 Å². The molecule has 3 heterocycles. The molecule has 6 nitrogen and oxygen atoms in total. The highest BCUT2D eigenvalue weighted by Crippen LogP contribution is 2.21. The lowest BCUT2D eigenvalue weighted by atomic mass is 10.2. The molecular formula is C27H32N6S. The smallest absolute Gasteiger partial charge is 0.171 e. The van der Waals surface area contributed by atoms with Crippen molar-refractivity contribution in [2.45, 2.75) is 19.4 Å². The number of thiocarbonyl (C=S) groups is 1. The highest BCUT2D eigenvalue weighted by Gasteiger charge is 2.18. The number of hydrogen-bond acceptors (Lipinski definition) is 5. The molecule has 1 aromatic heterocycles. The summed E-state index contributed by atoms with van der Waals surface area (Å²) in [5.41, 5.74) is 4.72. The fourth-order valence-corrected chi connectivity index (χ4v) is 4.83. The molecule has 5 rings (SSSR count). The van der Waals surface area contributed by atoms with Crippen molar-refractivity contribution in [3.63, 3.8) is 0 Å². The number of piperazine rings is 1. The fraction of sp³-hybridized carbons (Fsp3) is 0.333. The van der Waals surface area contributed by atoms with Crippen LogP contribution >= 0.6 is 12.2 Å². The maximum Gasteiger partial charge on any atom is 0.171 e. The Kier molecular flexibility index (Phi) is 7.10. The van der Waals surface area contributed by atoms with Crippen LogP contribution in [0.15, 0.2) is 72.9 Å². The zero-order chi connectivity index (χ0) is 23.2. The van der Waals surface area contributed by atoms with Crippen molar-refractivity contribution in [1.82, 2.24) is 10.3 Å². The summed E-state index contributed by atoms with van der Waals surface area (Å²) in [7, 11) is 0. The Labute approximate surface area is 207 Å². The number of rotatable bonds is 6. The van der Waals surface area contributed by atoms with Gasteiger partial charge in [-0.15, -0.1) is 0 Å². The van der Waals surface area contributed by atoms with Crippen molar-refractivity contribution in [1.29, 1.82) is 0 Å². The topological polar surface area (TPSA) is 46.7 Å². The van der Waals surface area contributed by atoms with E-state index in [0.29, 0.717) is 11.7 Å². The molecule has 2 aliphatic rings. The van der Waals surface area contributed by atoms with Crippen LogP contribution in [0.4, 0.5) is 22.9 Å². The number of anilines is 4.